The number of hydrogen-bond acceptors (Lipinski definition) is 3. The summed E-state index contributed by atoms with van der Waals surface area (Å²) in [6.07, 6.45) is 5.94. The van der Waals surface area contributed by atoms with Gasteiger partial charge in [-0.05, 0) is 29.7 Å². The largest absolute Gasteiger partial charge is 0.334 e. The summed E-state index contributed by atoms with van der Waals surface area (Å²) >= 11 is 0. The van der Waals surface area contributed by atoms with Gasteiger partial charge in [0.1, 0.15) is 0 Å². The quantitative estimate of drug-likeness (QED) is 0.673. The number of rotatable bonds is 5. The highest BCUT2D eigenvalue weighted by atomic mass is 16.5. The van der Waals surface area contributed by atoms with Crippen LogP contribution in [0.15, 0.2) is 59.1 Å². The van der Waals surface area contributed by atoms with Gasteiger partial charge in [-0.15, -0.1) is 0 Å². The minimum Gasteiger partial charge on any atom is -0.334 e. The fourth-order valence-corrected chi connectivity index (χ4v) is 2.36. The van der Waals surface area contributed by atoms with Crippen LogP contribution in [0, 0.1) is 0 Å². The van der Waals surface area contributed by atoms with Gasteiger partial charge in [0.05, 0.1) is 0 Å². The highest BCUT2D eigenvalue weighted by Crippen LogP contribution is 2.23. The van der Waals surface area contributed by atoms with E-state index in [0.29, 0.717) is 11.7 Å². The molecule has 2 aromatic carbocycles. The highest BCUT2D eigenvalue weighted by Gasteiger charge is 2.10. The molecule has 0 radical (unpaired) electrons. The Morgan fingerprint density at radius 1 is 0.955 bits per heavy atom. The average Bonchev–Trinajstić information content (AvgIpc) is 3.04. The van der Waals surface area contributed by atoms with E-state index in [4.69, 9.17) is 4.52 Å². The SMILES string of the molecule is CCCc1ccccc1-c1nc(/C=C/c2ccccc2)no1. The fraction of sp³-hybridized carbons (Fsp3) is 0.158. The molecule has 0 saturated carbocycles. The fourth-order valence-electron chi connectivity index (χ4n) is 2.36. The normalized spacial score (nSPS) is 11.1. The van der Waals surface area contributed by atoms with Crippen LogP contribution in [0.25, 0.3) is 23.6 Å². The van der Waals surface area contributed by atoms with Gasteiger partial charge in [0.25, 0.3) is 5.89 Å². The minimum absolute atomic E-state index is 0.580. The third-order valence-corrected chi connectivity index (χ3v) is 3.43. The van der Waals surface area contributed by atoms with E-state index in [0.717, 1.165) is 24.0 Å². The summed E-state index contributed by atoms with van der Waals surface area (Å²) in [5.41, 5.74) is 3.38. The van der Waals surface area contributed by atoms with Crippen LogP contribution in [0.3, 0.4) is 0 Å². The lowest BCUT2D eigenvalue weighted by Gasteiger charge is -2.03. The second-order valence-electron chi connectivity index (χ2n) is 5.11. The predicted octanol–water partition coefficient (Wildman–Crippen LogP) is 4.86. The summed E-state index contributed by atoms with van der Waals surface area (Å²) < 4.78 is 5.41. The first-order valence-electron chi connectivity index (χ1n) is 7.52. The van der Waals surface area contributed by atoms with Gasteiger partial charge >= 0.3 is 0 Å². The molecule has 3 rings (SSSR count). The molecule has 3 nitrogen and oxygen atoms in total. The zero-order valence-corrected chi connectivity index (χ0v) is 12.6. The number of benzene rings is 2. The summed E-state index contributed by atoms with van der Waals surface area (Å²) in [6, 6.07) is 18.3. The molecule has 22 heavy (non-hydrogen) atoms. The Hall–Kier alpha value is -2.68. The number of hydrogen-bond donors (Lipinski definition) is 0. The van der Waals surface area contributed by atoms with E-state index in [1.54, 1.807) is 0 Å². The van der Waals surface area contributed by atoms with Gasteiger partial charge < -0.3 is 4.52 Å². The van der Waals surface area contributed by atoms with Crippen LogP contribution in [0.4, 0.5) is 0 Å². The van der Waals surface area contributed by atoms with Crippen molar-refractivity contribution in [3.05, 3.63) is 71.5 Å². The molecule has 0 saturated heterocycles. The molecule has 3 heteroatoms. The molecular formula is C19H18N2O. The van der Waals surface area contributed by atoms with E-state index < -0.39 is 0 Å². The zero-order chi connectivity index (χ0) is 15.2. The molecule has 0 amide bonds. The molecule has 0 N–H and O–H groups in total. The van der Waals surface area contributed by atoms with Gasteiger partial charge in [-0.2, -0.15) is 4.98 Å². The van der Waals surface area contributed by atoms with Gasteiger partial charge in [0.15, 0.2) is 5.82 Å². The van der Waals surface area contributed by atoms with Crippen LogP contribution < -0.4 is 0 Å². The third kappa shape index (κ3) is 3.31. The lowest BCUT2D eigenvalue weighted by atomic mass is 10.0. The first-order chi connectivity index (χ1) is 10.9. The number of nitrogens with zero attached hydrogens (tertiary/aromatic N) is 2. The number of aryl methyl sites for hydroxylation is 1. The molecule has 3 aromatic rings. The van der Waals surface area contributed by atoms with Gasteiger partial charge in [-0.3, -0.25) is 0 Å². The van der Waals surface area contributed by atoms with Crippen LogP contribution in [0.5, 0.6) is 0 Å². The van der Waals surface area contributed by atoms with E-state index >= 15 is 0 Å². The molecule has 0 unspecified atom stereocenters. The molecular weight excluding hydrogens is 272 g/mol. The van der Waals surface area contributed by atoms with E-state index in [-0.39, 0.29) is 0 Å². The van der Waals surface area contributed by atoms with Gasteiger partial charge in [0, 0.05) is 5.56 Å². The molecule has 0 aliphatic carbocycles. The maximum Gasteiger partial charge on any atom is 0.258 e. The smallest absolute Gasteiger partial charge is 0.258 e. The van der Waals surface area contributed by atoms with Crippen LogP contribution in [-0.4, -0.2) is 10.1 Å². The summed E-state index contributed by atoms with van der Waals surface area (Å²) in [5, 5.41) is 4.04. The van der Waals surface area contributed by atoms with Gasteiger partial charge in [-0.25, -0.2) is 0 Å². The van der Waals surface area contributed by atoms with Crippen molar-refractivity contribution in [3.8, 4) is 11.5 Å². The summed E-state index contributed by atoms with van der Waals surface area (Å²) in [4.78, 5) is 4.47. The second kappa shape index (κ2) is 6.85. The van der Waals surface area contributed by atoms with E-state index in [9.17, 15) is 0 Å². The third-order valence-electron chi connectivity index (χ3n) is 3.43. The molecule has 110 valence electrons. The lowest BCUT2D eigenvalue weighted by molar-refractivity contribution is 0.428. The van der Waals surface area contributed by atoms with E-state index in [2.05, 4.69) is 23.1 Å². The van der Waals surface area contributed by atoms with Crippen molar-refractivity contribution in [1.29, 1.82) is 0 Å². The first-order valence-corrected chi connectivity index (χ1v) is 7.52. The van der Waals surface area contributed by atoms with Crippen LogP contribution in [-0.2, 0) is 6.42 Å². The van der Waals surface area contributed by atoms with E-state index in [1.807, 2.05) is 60.7 Å². The van der Waals surface area contributed by atoms with Crippen molar-refractivity contribution in [2.45, 2.75) is 19.8 Å². The van der Waals surface area contributed by atoms with Crippen molar-refractivity contribution in [1.82, 2.24) is 10.1 Å². The lowest BCUT2D eigenvalue weighted by Crippen LogP contribution is -1.89. The van der Waals surface area contributed by atoms with Crippen LogP contribution >= 0.6 is 0 Å². The Labute approximate surface area is 130 Å². The summed E-state index contributed by atoms with van der Waals surface area (Å²) in [5.74, 6) is 1.17. The Bertz CT molecular complexity index is 760. The maximum absolute atomic E-state index is 5.41. The molecule has 0 aliphatic heterocycles. The summed E-state index contributed by atoms with van der Waals surface area (Å²) in [6.45, 7) is 2.17. The van der Waals surface area contributed by atoms with Gasteiger partial charge in [0.2, 0.25) is 0 Å². The van der Waals surface area contributed by atoms with Crippen LogP contribution in [0.2, 0.25) is 0 Å². The Morgan fingerprint density at radius 3 is 2.55 bits per heavy atom. The molecule has 0 bridgehead atoms. The Balaban J connectivity index is 1.84. The van der Waals surface area contributed by atoms with Crippen molar-refractivity contribution in [2.24, 2.45) is 0 Å². The van der Waals surface area contributed by atoms with Gasteiger partial charge in [-0.1, -0.05) is 73.1 Å². The molecule has 0 aliphatic rings. The summed E-state index contributed by atoms with van der Waals surface area (Å²) in [7, 11) is 0. The maximum atomic E-state index is 5.41. The average molecular weight is 290 g/mol. The molecule has 0 spiro atoms. The van der Waals surface area contributed by atoms with Crippen molar-refractivity contribution < 1.29 is 4.52 Å². The minimum atomic E-state index is 0.580. The number of aromatic nitrogens is 2. The monoisotopic (exact) mass is 290 g/mol. The van der Waals surface area contributed by atoms with Crippen molar-refractivity contribution in [3.63, 3.8) is 0 Å². The first kappa shape index (κ1) is 14.3. The molecule has 1 aromatic heterocycles. The topological polar surface area (TPSA) is 38.9 Å². The zero-order valence-electron chi connectivity index (χ0n) is 12.6. The second-order valence-corrected chi connectivity index (χ2v) is 5.11. The molecule has 1 heterocycles. The highest BCUT2D eigenvalue weighted by molar-refractivity contribution is 5.67. The Kier molecular flexibility index (Phi) is 4.44. The van der Waals surface area contributed by atoms with Crippen molar-refractivity contribution >= 4 is 12.2 Å². The molecule has 0 fully saturated rings. The van der Waals surface area contributed by atoms with Crippen molar-refractivity contribution in [2.75, 3.05) is 0 Å². The molecule has 0 atom stereocenters. The standard InChI is InChI=1S/C19H18N2O/c1-2-8-16-11-6-7-12-17(16)19-20-18(21-22-19)14-13-15-9-4-3-5-10-15/h3-7,9-14H,2,8H2,1H3/b14-13+. The van der Waals surface area contributed by atoms with Crippen LogP contribution in [0.1, 0.15) is 30.3 Å². The predicted molar refractivity (Wildman–Crippen MR) is 89.1 cm³/mol. The van der Waals surface area contributed by atoms with E-state index in [1.165, 1.54) is 5.56 Å². The Morgan fingerprint density at radius 2 is 1.73 bits per heavy atom.